The van der Waals surface area contributed by atoms with Crippen molar-refractivity contribution in [2.24, 2.45) is 0 Å². The molecule has 0 saturated carbocycles. The largest absolute Gasteiger partial charge is 0.353 e. The minimum Gasteiger partial charge on any atom is -0.353 e. The molecule has 2 heteroatoms. The molecule has 76 valence electrons. The van der Waals surface area contributed by atoms with Gasteiger partial charge in [0, 0.05) is 12.5 Å². The van der Waals surface area contributed by atoms with Gasteiger partial charge in [0.25, 0.3) is 0 Å². The number of carbonyl (C=O) groups is 1. The Labute approximate surface area is 81.4 Å². The zero-order valence-electron chi connectivity index (χ0n) is 8.81. The van der Waals surface area contributed by atoms with Gasteiger partial charge in [0.2, 0.25) is 5.91 Å². The molecular formula is C11H21NO. The Bertz CT molecular complexity index is 154. The highest BCUT2D eigenvalue weighted by atomic mass is 16.1. The van der Waals surface area contributed by atoms with E-state index in [4.69, 9.17) is 0 Å². The third-order valence-corrected chi connectivity index (χ3v) is 1.93. The molecule has 0 aromatic carbocycles. The van der Waals surface area contributed by atoms with Crippen LogP contribution in [0, 0.1) is 0 Å². The minimum atomic E-state index is 0.169. The molecule has 0 aliphatic rings. The van der Waals surface area contributed by atoms with Gasteiger partial charge in [0.05, 0.1) is 0 Å². The maximum absolute atomic E-state index is 11.3. The fraction of sp³-hybridized carbons (Fsp3) is 0.727. The van der Waals surface area contributed by atoms with Crippen LogP contribution in [0.25, 0.3) is 0 Å². The van der Waals surface area contributed by atoms with E-state index in [1.54, 1.807) is 0 Å². The molecule has 0 aliphatic heterocycles. The topological polar surface area (TPSA) is 29.1 Å². The van der Waals surface area contributed by atoms with Crippen LogP contribution < -0.4 is 5.32 Å². The highest BCUT2D eigenvalue weighted by Crippen LogP contribution is 2.02. The molecule has 0 bridgehead atoms. The summed E-state index contributed by atoms with van der Waals surface area (Å²) < 4.78 is 0. The Morgan fingerprint density at radius 3 is 2.62 bits per heavy atom. The molecule has 0 rings (SSSR count). The zero-order chi connectivity index (χ0) is 10.1. The second-order valence-corrected chi connectivity index (χ2v) is 3.33. The van der Waals surface area contributed by atoms with Gasteiger partial charge in [-0.05, 0) is 19.3 Å². The summed E-state index contributed by atoms with van der Waals surface area (Å²) in [6, 6.07) is 0.293. The predicted molar refractivity (Wildman–Crippen MR) is 56.6 cm³/mol. The fourth-order valence-corrected chi connectivity index (χ4v) is 1.33. The summed E-state index contributed by atoms with van der Waals surface area (Å²) in [5.74, 6) is 0.169. The predicted octanol–water partition coefficient (Wildman–Crippen LogP) is 2.65. The lowest BCUT2D eigenvalue weighted by atomic mass is 10.1. The monoisotopic (exact) mass is 183 g/mol. The molecule has 1 atom stereocenters. The Morgan fingerprint density at radius 2 is 2.15 bits per heavy atom. The van der Waals surface area contributed by atoms with E-state index in [1.807, 2.05) is 13.0 Å². The van der Waals surface area contributed by atoms with Crippen molar-refractivity contribution < 1.29 is 4.79 Å². The standard InChI is InChI=1S/C11H21NO/c1-4-7-10(8-5-2)12-11(13)9-6-3/h4,10H,1,5-9H2,2-3H3,(H,12,13). The van der Waals surface area contributed by atoms with Crippen molar-refractivity contribution in [3.05, 3.63) is 12.7 Å². The molecule has 0 spiro atoms. The van der Waals surface area contributed by atoms with Crippen LogP contribution in [0.5, 0.6) is 0 Å². The van der Waals surface area contributed by atoms with Gasteiger partial charge in [0.15, 0.2) is 0 Å². The molecule has 1 N–H and O–H groups in total. The smallest absolute Gasteiger partial charge is 0.220 e. The van der Waals surface area contributed by atoms with Gasteiger partial charge >= 0.3 is 0 Å². The van der Waals surface area contributed by atoms with E-state index in [0.717, 1.165) is 25.7 Å². The first-order valence-electron chi connectivity index (χ1n) is 5.14. The van der Waals surface area contributed by atoms with Gasteiger partial charge in [0.1, 0.15) is 0 Å². The van der Waals surface area contributed by atoms with E-state index in [-0.39, 0.29) is 5.91 Å². The van der Waals surface area contributed by atoms with Crippen LogP contribution in [0.4, 0.5) is 0 Å². The molecule has 0 aromatic rings. The van der Waals surface area contributed by atoms with E-state index in [9.17, 15) is 4.79 Å². The molecule has 1 amide bonds. The van der Waals surface area contributed by atoms with Crippen LogP contribution in [0.1, 0.15) is 46.0 Å². The normalized spacial score (nSPS) is 12.2. The van der Waals surface area contributed by atoms with Gasteiger partial charge in [-0.3, -0.25) is 4.79 Å². The zero-order valence-corrected chi connectivity index (χ0v) is 8.81. The van der Waals surface area contributed by atoms with Crippen LogP contribution in [-0.4, -0.2) is 11.9 Å². The summed E-state index contributed by atoms with van der Waals surface area (Å²) in [5.41, 5.74) is 0. The molecule has 0 aliphatic carbocycles. The summed E-state index contributed by atoms with van der Waals surface area (Å²) in [6.45, 7) is 7.83. The molecule has 0 aromatic heterocycles. The van der Waals surface area contributed by atoms with Crippen LogP contribution in [0.3, 0.4) is 0 Å². The summed E-state index contributed by atoms with van der Waals surface area (Å²) in [4.78, 5) is 11.3. The van der Waals surface area contributed by atoms with Crippen molar-refractivity contribution in [2.45, 2.75) is 52.0 Å². The van der Waals surface area contributed by atoms with Crippen molar-refractivity contribution in [1.82, 2.24) is 5.32 Å². The fourth-order valence-electron chi connectivity index (χ4n) is 1.33. The highest BCUT2D eigenvalue weighted by molar-refractivity contribution is 5.76. The van der Waals surface area contributed by atoms with Gasteiger partial charge < -0.3 is 5.32 Å². The molecule has 0 radical (unpaired) electrons. The van der Waals surface area contributed by atoms with E-state index < -0.39 is 0 Å². The molecule has 1 unspecified atom stereocenters. The summed E-state index contributed by atoms with van der Waals surface area (Å²) in [7, 11) is 0. The minimum absolute atomic E-state index is 0.169. The molecule has 2 nitrogen and oxygen atoms in total. The van der Waals surface area contributed by atoms with E-state index in [0.29, 0.717) is 12.5 Å². The summed E-state index contributed by atoms with van der Waals surface area (Å²) >= 11 is 0. The molecule has 0 heterocycles. The van der Waals surface area contributed by atoms with E-state index in [1.165, 1.54) is 0 Å². The average molecular weight is 183 g/mol. The lowest BCUT2D eigenvalue weighted by molar-refractivity contribution is -0.121. The second-order valence-electron chi connectivity index (χ2n) is 3.33. The van der Waals surface area contributed by atoms with Crippen molar-refractivity contribution in [3.63, 3.8) is 0 Å². The first-order chi connectivity index (χ1) is 6.24. The number of amides is 1. The quantitative estimate of drug-likeness (QED) is 0.604. The third-order valence-electron chi connectivity index (χ3n) is 1.93. The summed E-state index contributed by atoms with van der Waals surface area (Å²) in [6.07, 6.45) is 6.44. The van der Waals surface area contributed by atoms with Crippen LogP contribution in [0.15, 0.2) is 12.7 Å². The average Bonchev–Trinajstić information content (AvgIpc) is 2.05. The van der Waals surface area contributed by atoms with Gasteiger partial charge in [-0.2, -0.15) is 0 Å². The Balaban J connectivity index is 3.78. The molecule has 13 heavy (non-hydrogen) atoms. The SMILES string of the molecule is C=CCC(CCC)NC(=O)CCC. The summed E-state index contributed by atoms with van der Waals surface area (Å²) in [5, 5.41) is 3.01. The molecular weight excluding hydrogens is 162 g/mol. The van der Waals surface area contributed by atoms with E-state index >= 15 is 0 Å². The molecule has 0 fully saturated rings. The second kappa shape index (κ2) is 7.84. The van der Waals surface area contributed by atoms with Crippen LogP contribution in [0.2, 0.25) is 0 Å². The number of carbonyl (C=O) groups excluding carboxylic acids is 1. The maximum atomic E-state index is 11.3. The van der Waals surface area contributed by atoms with Crippen molar-refractivity contribution in [2.75, 3.05) is 0 Å². The third kappa shape index (κ3) is 6.38. The Morgan fingerprint density at radius 1 is 1.46 bits per heavy atom. The van der Waals surface area contributed by atoms with Gasteiger partial charge in [-0.1, -0.05) is 26.3 Å². The lowest BCUT2D eigenvalue weighted by Crippen LogP contribution is -2.34. The number of hydrogen-bond acceptors (Lipinski definition) is 1. The van der Waals surface area contributed by atoms with Crippen LogP contribution in [-0.2, 0) is 4.79 Å². The number of hydrogen-bond donors (Lipinski definition) is 1. The maximum Gasteiger partial charge on any atom is 0.220 e. The Hall–Kier alpha value is -0.790. The highest BCUT2D eigenvalue weighted by Gasteiger charge is 2.08. The van der Waals surface area contributed by atoms with Crippen molar-refractivity contribution in [1.29, 1.82) is 0 Å². The first-order valence-corrected chi connectivity index (χ1v) is 5.14. The number of rotatable bonds is 7. The van der Waals surface area contributed by atoms with Crippen molar-refractivity contribution >= 4 is 5.91 Å². The number of nitrogens with one attached hydrogen (secondary N) is 1. The van der Waals surface area contributed by atoms with E-state index in [2.05, 4.69) is 18.8 Å². The van der Waals surface area contributed by atoms with Gasteiger partial charge in [-0.15, -0.1) is 6.58 Å². The lowest BCUT2D eigenvalue weighted by Gasteiger charge is -2.15. The first kappa shape index (κ1) is 12.2. The van der Waals surface area contributed by atoms with Gasteiger partial charge in [-0.25, -0.2) is 0 Å². The molecule has 0 saturated heterocycles. The van der Waals surface area contributed by atoms with Crippen molar-refractivity contribution in [3.8, 4) is 0 Å². The Kier molecular flexibility index (Phi) is 7.36. The van der Waals surface area contributed by atoms with Crippen LogP contribution >= 0.6 is 0 Å².